The van der Waals surface area contributed by atoms with Crippen LogP contribution in [-0.4, -0.2) is 114 Å². The topological polar surface area (TPSA) is 323 Å². The molecule has 0 aliphatic carbocycles. The minimum atomic E-state index is -5.72. The van der Waals surface area contributed by atoms with Crippen LogP contribution in [0.3, 0.4) is 0 Å². The Morgan fingerprint density at radius 3 is 2.15 bits per heavy atom. The molecule has 0 amide bonds. The maximum atomic E-state index is 14.3. The van der Waals surface area contributed by atoms with Crippen LogP contribution >= 0.6 is 15.6 Å². The minimum Gasteiger partial charge on any atom is -0.462 e. The van der Waals surface area contributed by atoms with E-state index in [0.717, 1.165) is 42.9 Å². The van der Waals surface area contributed by atoms with Gasteiger partial charge in [0.25, 0.3) is 0 Å². The molecule has 2 aliphatic heterocycles. The largest absolute Gasteiger partial charge is 0.481 e. The van der Waals surface area contributed by atoms with Gasteiger partial charge in [-0.25, -0.2) is 13.9 Å². The van der Waals surface area contributed by atoms with Gasteiger partial charge >= 0.3 is 33.3 Å². The van der Waals surface area contributed by atoms with Crippen molar-refractivity contribution >= 4 is 39.2 Å². The Hall–Kier alpha value is -3.69. The van der Waals surface area contributed by atoms with Crippen molar-refractivity contribution < 1.29 is 81.3 Å². The number of phosphoric acid groups is 2. The van der Waals surface area contributed by atoms with Crippen molar-refractivity contribution in [3.8, 4) is 0 Å². The van der Waals surface area contributed by atoms with Crippen molar-refractivity contribution in [2.75, 3.05) is 25.6 Å². The maximum Gasteiger partial charge on any atom is 0.481 e. The molecular weight excluding hydrogens is 993 g/mol. The van der Waals surface area contributed by atoms with Crippen LogP contribution in [0.2, 0.25) is 0 Å². The molecule has 0 aromatic carbocycles. The molecule has 11 atom stereocenters. The van der Waals surface area contributed by atoms with E-state index >= 15 is 0 Å². The Balaban J connectivity index is 1.82. The highest BCUT2D eigenvalue weighted by atomic mass is 31.3. The number of hydrogen-bond donors (Lipinski definition) is 7. The number of Topliss-reactive ketones (excluding diaryl/α,β-unsaturated/α-hetero) is 1. The number of aliphatic hydroxyl groups is 4. The maximum absolute atomic E-state index is 14.3. The standard InChI is InChI=1S/C50H81N3O18P2/c1-3-5-7-8-9-10-11-12-13-14-15-16-17-18-24-28-46(58)69-38-34-66-45(57)27-23-20-19-22-26-40-42(56)33-41(55)39(30-29-37(54)25-21-6-4-2)47(59)48(60)43(36-68-73(64,65)71-72(62,63)67-35-38)70-49(40)53-32-31-44(51)52-50(53)61/h9-10,12-13,15-16,29-32,37-41,43,47-49,54-55,59-60H,3-8,11,14,17-28,33-36H2,1-2H3,(H,62,63)(H,64,65)(H2,51,52,61)/b10-9-,13-12-,16-15-,30-29+/t37-,38+,39-,40-,41+,43+,47-,48+,49+/m0/s1. The van der Waals surface area contributed by atoms with E-state index in [1.165, 1.54) is 37.5 Å². The number of nitrogen functional groups attached to an aromatic ring is 1. The fraction of sp³-hybridized carbons (Fsp3) is 0.700. The number of rotatable bonds is 21. The predicted molar refractivity (Wildman–Crippen MR) is 271 cm³/mol. The van der Waals surface area contributed by atoms with Crippen LogP contribution in [0, 0.1) is 11.8 Å². The van der Waals surface area contributed by atoms with Gasteiger partial charge in [0, 0.05) is 31.4 Å². The highest BCUT2D eigenvalue weighted by Crippen LogP contribution is 2.60. The number of aliphatic hydroxyl groups excluding tert-OH is 4. The average molecular weight is 1070 g/mol. The number of carbonyl (C=O) groups excluding carboxylic acids is 3. The third-order valence-electron chi connectivity index (χ3n) is 12.3. The molecule has 8 N–H and O–H groups in total. The van der Waals surface area contributed by atoms with E-state index in [1.807, 2.05) is 19.1 Å². The summed E-state index contributed by atoms with van der Waals surface area (Å²) >= 11 is 0. The predicted octanol–water partition coefficient (Wildman–Crippen LogP) is 7.14. The number of anilines is 1. The monoisotopic (exact) mass is 1070 g/mol. The van der Waals surface area contributed by atoms with Crippen molar-refractivity contribution in [3.05, 3.63) is 71.4 Å². The molecule has 0 radical (unpaired) electrons. The van der Waals surface area contributed by atoms with Crippen LogP contribution in [-0.2, 0) is 51.1 Å². The number of aromatic nitrogens is 2. The molecule has 0 saturated carbocycles. The van der Waals surface area contributed by atoms with E-state index in [-0.39, 0.29) is 25.1 Å². The summed E-state index contributed by atoms with van der Waals surface area (Å²) in [6, 6.07) is 1.23. The number of ketones is 1. The Morgan fingerprint density at radius 2 is 1.48 bits per heavy atom. The van der Waals surface area contributed by atoms with Gasteiger partial charge in [-0.2, -0.15) is 9.29 Å². The summed E-state index contributed by atoms with van der Waals surface area (Å²) in [5.41, 5.74) is 4.75. The fourth-order valence-electron chi connectivity index (χ4n) is 8.15. The quantitative estimate of drug-likeness (QED) is 0.0278. The smallest absolute Gasteiger partial charge is 0.462 e. The zero-order valence-electron chi connectivity index (χ0n) is 42.4. The van der Waals surface area contributed by atoms with Crippen LogP contribution in [0.15, 0.2) is 65.7 Å². The second-order valence-corrected chi connectivity index (χ2v) is 21.5. The summed E-state index contributed by atoms with van der Waals surface area (Å²) in [6.45, 7) is 1.40. The van der Waals surface area contributed by atoms with Crippen molar-refractivity contribution in [1.29, 1.82) is 0 Å². The molecule has 2 aliphatic rings. The van der Waals surface area contributed by atoms with Gasteiger partial charge in [-0.15, -0.1) is 0 Å². The number of nitrogens with two attached hydrogens (primary N) is 1. The SMILES string of the molecule is CCCCC/C=C\C/C=C\C/C=C\CCCCC(=O)O[C@@H]1COC(=O)CCCCCC[C@H]2C(=O)C[C@@H](O)[C@H](/C=C/[C@@H](O)CCCCC)[C@H](O)[C@H](O)[C@@H](COP(=O)(O)OP(=O)(O)OC1)O[C@H]2n1ccc(N)nc1=O. The number of fused-ring (bicyclic) bond motifs is 3. The third kappa shape index (κ3) is 25.6. The molecule has 23 heteroatoms. The lowest BCUT2D eigenvalue weighted by atomic mass is 9.83. The number of phosphoric ester groups is 2. The average Bonchev–Trinajstić information content (AvgIpc) is 3.33. The first-order chi connectivity index (χ1) is 34.9. The highest BCUT2D eigenvalue weighted by Gasteiger charge is 2.45. The Morgan fingerprint density at radius 1 is 0.849 bits per heavy atom. The number of cyclic esters (lactones) is 1. The minimum absolute atomic E-state index is 0.00802. The van der Waals surface area contributed by atoms with Crippen molar-refractivity contribution in [2.24, 2.45) is 11.8 Å². The van der Waals surface area contributed by atoms with Gasteiger partial charge in [0.05, 0.1) is 37.4 Å². The van der Waals surface area contributed by atoms with E-state index in [0.29, 0.717) is 57.8 Å². The summed E-state index contributed by atoms with van der Waals surface area (Å²) in [5.74, 6) is -5.00. The summed E-state index contributed by atoms with van der Waals surface area (Å²) < 4.78 is 58.9. The number of esters is 2. The Labute approximate surface area is 429 Å². The lowest BCUT2D eigenvalue weighted by Crippen LogP contribution is -2.51. The van der Waals surface area contributed by atoms with Gasteiger partial charge in [0.1, 0.15) is 36.6 Å². The molecule has 2 unspecified atom stereocenters. The number of allylic oxidation sites excluding steroid dienone is 6. The van der Waals surface area contributed by atoms with Crippen LogP contribution in [0.5, 0.6) is 0 Å². The number of unbranched alkanes of at least 4 members (excludes halogenated alkanes) is 7. The molecule has 3 heterocycles. The highest BCUT2D eigenvalue weighted by molar-refractivity contribution is 7.61. The van der Waals surface area contributed by atoms with E-state index in [2.05, 4.69) is 40.5 Å². The molecule has 414 valence electrons. The number of carbonyl (C=O) groups is 3. The van der Waals surface area contributed by atoms with Gasteiger partial charge in [-0.1, -0.05) is 114 Å². The second kappa shape index (κ2) is 34.8. The fourth-order valence-corrected chi connectivity index (χ4v) is 10.3. The lowest BCUT2D eigenvalue weighted by Gasteiger charge is -2.38. The molecule has 21 nitrogen and oxygen atoms in total. The molecule has 0 spiro atoms. The zero-order valence-corrected chi connectivity index (χ0v) is 44.2. The first-order valence-corrected chi connectivity index (χ1v) is 28.7. The van der Waals surface area contributed by atoms with Crippen molar-refractivity contribution in [2.45, 2.75) is 192 Å². The summed E-state index contributed by atoms with van der Waals surface area (Å²) in [4.78, 5) is 78.5. The Kier molecular flexibility index (Phi) is 30.3. The van der Waals surface area contributed by atoms with E-state index in [1.54, 1.807) is 0 Å². The molecule has 1 aromatic heterocycles. The van der Waals surface area contributed by atoms with Crippen LogP contribution in [0.25, 0.3) is 0 Å². The first-order valence-electron chi connectivity index (χ1n) is 25.8. The van der Waals surface area contributed by atoms with Crippen LogP contribution in [0.4, 0.5) is 5.82 Å². The molecule has 2 bridgehead atoms. The molecule has 1 aromatic rings. The van der Waals surface area contributed by atoms with Gasteiger partial charge < -0.3 is 50.2 Å². The van der Waals surface area contributed by atoms with E-state index in [9.17, 15) is 58.5 Å². The molecule has 2 fully saturated rings. The molecular formula is C50H81N3O18P2. The molecule has 73 heavy (non-hydrogen) atoms. The lowest BCUT2D eigenvalue weighted by molar-refractivity contribution is -0.184. The van der Waals surface area contributed by atoms with Crippen LogP contribution in [0.1, 0.15) is 155 Å². The first kappa shape index (κ1) is 63.6. The molecule has 2 saturated heterocycles. The second-order valence-electron chi connectivity index (χ2n) is 18.4. The summed E-state index contributed by atoms with van der Waals surface area (Å²) in [7, 11) is -11.3. The zero-order chi connectivity index (χ0) is 53.7. The number of ether oxygens (including phenoxy) is 3. The number of nitrogens with zero attached hydrogens (tertiary/aromatic N) is 2. The summed E-state index contributed by atoms with van der Waals surface area (Å²) in [5, 5.41) is 45.5. The van der Waals surface area contributed by atoms with Crippen LogP contribution < -0.4 is 11.4 Å². The van der Waals surface area contributed by atoms with E-state index < -0.39 is 120 Å². The normalized spacial score (nSPS) is 29.6. The van der Waals surface area contributed by atoms with Gasteiger partial charge in [-0.3, -0.25) is 28.0 Å². The van der Waals surface area contributed by atoms with Crippen molar-refractivity contribution in [1.82, 2.24) is 9.55 Å². The van der Waals surface area contributed by atoms with E-state index in [4.69, 9.17) is 29.0 Å². The van der Waals surface area contributed by atoms with Crippen molar-refractivity contribution in [3.63, 3.8) is 0 Å². The molecule has 3 rings (SSSR count). The number of hydrogen-bond acceptors (Lipinski definition) is 18. The van der Waals surface area contributed by atoms with Gasteiger partial charge in [0.2, 0.25) is 0 Å². The van der Waals surface area contributed by atoms with Gasteiger partial charge in [0.15, 0.2) is 6.10 Å². The summed E-state index contributed by atoms with van der Waals surface area (Å²) in [6.07, 6.45) is 16.0. The Bertz CT molecular complexity index is 2080. The third-order valence-corrected chi connectivity index (χ3v) is 14.9. The van der Waals surface area contributed by atoms with Gasteiger partial charge in [-0.05, 0) is 70.3 Å².